The van der Waals surface area contributed by atoms with Gasteiger partial charge in [0.1, 0.15) is 0 Å². The molecule has 112 valence electrons. The number of carbonyl (C=O) groups is 2. The summed E-state index contributed by atoms with van der Waals surface area (Å²) in [4.78, 5) is 24.2. The number of esters is 2. The molecule has 0 radical (unpaired) electrons. The fraction of sp³-hybridized carbons (Fsp3) is 0.846. The van der Waals surface area contributed by atoms with Crippen LogP contribution in [0.2, 0.25) is 0 Å². The summed E-state index contributed by atoms with van der Waals surface area (Å²) < 4.78 is 9.18. The molecule has 6 nitrogen and oxygen atoms in total. The van der Waals surface area contributed by atoms with Gasteiger partial charge in [0.2, 0.25) is 0 Å². The van der Waals surface area contributed by atoms with Crippen molar-refractivity contribution < 1.29 is 24.2 Å². The number of nitrogens with zero attached hydrogens (tertiary/aromatic N) is 1. The number of ether oxygens (including phenoxy) is 2. The van der Waals surface area contributed by atoms with Crippen molar-refractivity contribution >= 4 is 11.9 Å². The van der Waals surface area contributed by atoms with E-state index in [-0.39, 0.29) is 24.5 Å². The highest BCUT2D eigenvalue weighted by atomic mass is 16.5. The molecule has 0 aromatic heterocycles. The Kier molecular flexibility index (Phi) is 10.1. The molecule has 0 rings (SSSR count). The van der Waals surface area contributed by atoms with Gasteiger partial charge in [0.15, 0.2) is 0 Å². The summed E-state index contributed by atoms with van der Waals surface area (Å²) >= 11 is 0. The minimum Gasteiger partial charge on any atom is -0.469 e. The minimum atomic E-state index is -0.255. The number of methoxy groups -OCH3 is 2. The molecular formula is C13H25NO5. The van der Waals surface area contributed by atoms with Crippen LogP contribution in [0.15, 0.2) is 0 Å². The number of aliphatic hydroxyl groups excluding tert-OH is 1. The first-order valence-electron chi connectivity index (χ1n) is 6.50. The summed E-state index contributed by atoms with van der Waals surface area (Å²) in [6.07, 6.45) is 1.34. The van der Waals surface area contributed by atoms with Crippen LogP contribution in [0.1, 0.15) is 26.2 Å². The molecule has 0 aliphatic rings. The van der Waals surface area contributed by atoms with Gasteiger partial charge in [-0.1, -0.05) is 6.92 Å². The van der Waals surface area contributed by atoms with E-state index in [1.54, 1.807) is 0 Å². The van der Waals surface area contributed by atoms with Crippen molar-refractivity contribution in [3.63, 3.8) is 0 Å². The minimum absolute atomic E-state index is 0.103. The van der Waals surface area contributed by atoms with E-state index < -0.39 is 0 Å². The van der Waals surface area contributed by atoms with Crippen LogP contribution in [0.3, 0.4) is 0 Å². The van der Waals surface area contributed by atoms with E-state index in [2.05, 4.69) is 14.4 Å². The van der Waals surface area contributed by atoms with E-state index >= 15 is 0 Å². The Morgan fingerprint density at radius 1 is 1.11 bits per heavy atom. The van der Waals surface area contributed by atoms with Gasteiger partial charge in [0.05, 0.1) is 20.6 Å². The van der Waals surface area contributed by atoms with Crippen molar-refractivity contribution in [1.29, 1.82) is 0 Å². The van der Waals surface area contributed by atoms with Gasteiger partial charge in [-0.2, -0.15) is 0 Å². The Hall–Kier alpha value is -1.14. The van der Waals surface area contributed by atoms with Crippen molar-refractivity contribution in [3.8, 4) is 0 Å². The standard InChI is InChI=1S/C13H25NO5/c1-11(10-15)9-14(8-6-13(17)19-3)7-4-5-12(16)18-2/h11,15H,4-10H2,1-3H3. The number of aliphatic hydroxyl groups is 1. The maximum Gasteiger partial charge on any atom is 0.306 e. The van der Waals surface area contributed by atoms with Gasteiger partial charge in [-0.05, 0) is 18.9 Å². The third kappa shape index (κ3) is 9.44. The van der Waals surface area contributed by atoms with Crippen LogP contribution >= 0.6 is 0 Å². The molecule has 1 unspecified atom stereocenters. The molecule has 0 spiro atoms. The average molecular weight is 275 g/mol. The van der Waals surface area contributed by atoms with Crippen LogP contribution in [0.4, 0.5) is 0 Å². The van der Waals surface area contributed by atoms with Gasteiger partial charge in [0.25, 0.3) is 0 Å². The second-order valence-electron chi connectivity index (χ2n) is 4.59. The van der Waals surface area contributed by atoms with E-state index in [4.69, 9.17) is 5.11 Å². The molecule has 0 aliphatic heterocycles. The first kappa shape index (κ1) is 17.9. The highest BCUT2D eigenvalue weighted by molar-refractivity contribution is 5.69. The summed E-state index contributed by atoms with van der Waals surface area (Å²) in [5.41, 5.74) is 0. The smallest absolute Gasteiger partial charge is 0.306 e. The van der Waals surface area contributed by atoms with Crippen LogP contribution in [-0.2, 0) is 19.1 Å². The van der Waals surface area contributed by atoms with Crippen molar-refractivity contribution in [2.45, 2.75) is 26.2 Å². The molecule has 6 heteroatoms. The number of hydrogen-bond donors (Lipinski definition) is 1. The molecule has 0 aliphatic carbocycles. The second kappa shape index (κ2) is 10.8. The van der Waals surface area contributed by atoms with Crippen LogP contribution in [-0.4, -0.2) is 62.4 Å². The highest BCUT2D eigenvalue weighted by Crippen LogP contribution is 2.04. The molecule has 1 N–H and O–H groups in total. The Morgan fingerprint density at radius 2 is 1.68 bits per heavy atom. The molecule has 0 amide bonds. The van der Waals surface area contributed by atoms with Crippen molar-refractivity contribution in [1.82, 2.24) is 4.90 Å². The van der Waals surface area contributed by atoms with E-state index in [0.29, 0.717) is 38.9 Å². The Balaban J connectivity index is 4.09. The average Bonchev–Trinajstić information content (AvgIpc) is 2.43. The lowest BCUT2D eigenvalue weighted by molar-refractivity contribution is -0.142. The molecule has 0 aromatic carbocycles. The number of hydrogen-bond acceptors (Lipinski definition) is 6. The third-order valence-corrected chi connectivity index (χ3v) is 2.82. The maximum atomic E-state index is 11.1. The lowest BCUT2D eigenvalue weighted by Gasteiger charge is -2.24. The first-order valence-corrected chi connectivity index (χ1v) is 6.50. The normalized spacial score (nSPS) is 12.3. The van der Waals surface area contributed by atoms with Crippen LogP contribution < -0.4 is 0 Å². The Bertz CT molecular complexity index is 270. The molecule has 19 heavy (non-hydrogen) atoms. The van der Waals surface area contributed by atoms with Gasteiger partial charge < -0.3 is 19.5 Å². The van der Waals surface area contributed by atoms with Crippen molar-refractivity contribution in [2.24, 2.45) is 5.92 Å². The first-order chi connectivity index (χ1) is 9.03. The summed E-state index contributed by atoms with van der Waals surface area (Å²) in [5.74, 6) is -0.353. The summed E-state index contributed by atoms with van der Waals surface area (Å²) in [7, 11) is 2.73. The summed E-state index contributed by atoms with van der Waals surface area (Å²) in [6.45, 7) is 3.99. The highest BCUT2D eigenvalue weighted by Gasteiger charge is 2.12. The SMILES string of the molecule is COC(=O)CCCN(CCC(=O)OC)CC(C)CO. The fourth-order valence-corrected chi connectivity index (χ4v) is 1.69. The van der Waals surface area contributed by atoms with Crippen LogP contribution in [0, 0.1) is 5.92 Å². The van der Waals surface area contributed by atoms with E-state index in [1.165, 1.54) is 14.2 Å². The summed E-state index contributed by atoms with van der Waals surface area (Å²) in [5, 5.41) is 9.07. The Morgan fingerprint density at radius 3 is 2.21 bits per heavy atom. The molecule has 0 heterocycles. The molecule has 0 fully saturated rings. The quantitative estimate of drug-likeness (QED) is 0.583. The molecule has 0 saturated heterocycles. The van der Waals surface area contributed by atoms with Crippen LogP contribution in [0.5, 0.6) is 0 Å². The van der Waals surface area contributed by atoms with Gasteiger partial charge >= 0.3 is 11.9 Å². The van der Waals surface area contributed by atoms with Crippen molar-refractivity contribution in [3.05, 3.63) is 0 Å². The molecule has 1 atom stereocenters. The lowest BCUT2D eigenvalue weighted by atomic mass is 10.1. The topological polar surface area (TPSA) is 76.1 Å². The molecule has 0 saturated carbocycles. The zero-order chi connectivity index (χ0) is 14.7. The molecular weight excluding hydrogens is 250 g/mol. The third-order valence-electron chi connectivity index (χ3n) is 2.82. The number of rotatable bonds is 10. The predicted molar refractivity (Wildman–Crippen MR) is 70.6 cm³/mol. The van der Waals surface area contributed by atoms with E-state index in [9.17, 15) is 9.59 Å². The summed E-state index contributed by atoms with van der Waals surface area (Å²) in [6, 6.07) is 0. The zero-order valence-electron chi connectivity index (χ0n) is 12.1. The number of carbonyl (C=O) groups excluding carboxylic acids is 2. The predicted octanol–water partition coefficient (Wildman–Crippen LogP) is 0.433. The second-order valence-corrected chi connectivity index (χ2v) is 4.59. The van der Waals surface area contributed by atoms with Crippen LogP contribution in [0.25, 0.3) is 0 Å². The van der Waals surface area contributed by atoms with Gasteiger partial charge in [-0.25, -0.2) is 0 Å². The van der Waals surface area contributed by atoms with Crippen molar-refractivity contribution in [2.75, 3.05) is 40.5 Å². The maximum absolute atomic E-state index is 11.1. The van der Waals surface area contributed by atoms with Gasteiger partial charge in [-0.3, -0.25) is 9.59 Å². The largest absolute Gasteiger partial charge is 0.469 e. The van der Waals surface area contributed by atoms with E-state index in [0.717, 1.165) is 0 Å². The van der Waals surface area contributed by atoms with Gasteiger partial charge in [-0.15, -0.1) is 0 Å². The zero-order valence-corrected chi connectivity index (χ0v) is 12.1. The lowest BCUT2D eigenvalue weighted by Crippen LogP contribution is -2.33. The monoisotopic (exact) mass is 275 g/mol. The molecule has 0 aromatic rings. The Labute approximate surface area is 114 Å². The fourth-order valence-electron chi connectivity index (χ4n) is 1.69. The van der Waals surface area contributed by atoms with Gasteiger partial charge in [0, 0.05) is 26.1 Å². The van der Waals surface area contributed by atoms with E-state index in [1.807, 2.05) is 6.92 Å². The molecule has 0 bridgehead atoms.